The molecule has 0 spiro atoms. The fraction of sp³-hybridized carbons (Fsp3) is 0.933. The molecule has 0 aromatic rings. The van der Waals surface area contributed by atoms with Crippen molar-refractivity contribution in [2.45, 2.75) is 64.3 Å². The summed E-state index contributed by atoms with van der Waals surface area (Å²) in [4.78, 5) is 13.1. The lowest BCUT2D eigenvalue weighted by Crippen LogP contribution is -2.37. The van der Waals surface area contributed by atoms with Crippen molar-refractivity contribution < 1.29 is 19.7 Å². The number of hydrogen-bond acceptors (Lipinski definition) is 5. The van der Waals surface area contributed by atoms with E-state index in [1.54, 1.807) is 11.8 Å². The molecule has 2 atom stereocenters. The third kappa shape index (κ3) is 8.17. The maximum Gasteiger partial charge on any atom is 0.410 e. The predicted molar refractivity (Wildman–Crippen MR) is 88.4 cm³/mol. The van der Waals surface area contributed by atoms with E-state index < -0.39 is 16.8 Å². The van der Waals surface area contributed by atoms with Crippen LogP contribution in [-0.2, 0) is 4.74 Å². The molecule has 0 bridgehead atoms. The van der Waals surface area contributed by atoms with Crippen molar-refractivity contribution in [2.75, 3.05) is 26.2 Å². The van der Waals surface area contributed by atoms with Gasteiger partial charge in [0, 0.05) is 13.1 Å². The quantitative estimate of drug-likeness (QED) is 0.624. The number of hydrogen-bond donors (Lipinski definition) is 3. The van der Waals surface area contributed by atoms with Gasteiger partial charge < -0.3 is 25.2 Å². The van der Waals surface area contributed by atoms with Gasteiger partial charge in [-0.25, -0.2) is 4.79 Å². The molecule has 6 nitrogen and oxygen atoms in total. The van der Waals surface area contributed by atoms with Crippen LogP contribution in [0.25, 0.3) is 0 Å². The second kappa shape index (κ2) is 7.81. The molecule has 0 aliphatic carbocycles. The highest BCUT2D eigenvalue weighted by molar-refractivity contribution is 5.85. The van der Waals surface area contributed by atoms with E-state index in [2.05, 4.69) is 5.32 Å². The Kier molecular flexibility index (Phi) is 7.62. The predicted octanol–water partition coefficient (Wildman–Crippen LogP) is 1.53. The van der Waals surface area contributed by atoms with E-state index in [1.165, 1.54) is 0 Å². The summed E-state index contributed by atoms with van der Waals surface area (Å²) in [6, 6.07) is 0. The molecule has 2 rings (SSSR count). The summed E-state index contributed by atoms with van der Waals surface area (Å²) in [5.74, 6) is 0. The molecule has 0 aromatic heterocycles. The second-order valence-electron chi connectivity index (χ2n) is 7.57. The summed E-state index contributed by atoms with van der Waals surface area (Å²) < 4.78 is 5.19. The van der Waals surface area contributed by atoms with Crippen LogP contribution >= 0.6 is 12.4 Å². The normalized spacial score (nSPS) is 31.1. The zero-order valence-electron chi connectivity index (χ0n) is 14.3. The molecular weight excluding hydrogens is 308 g/mol. The largest absolute Gasteiger partial charge is 0.444 e. The zero-order valence-corrected chi connectivity index (χ0v) is 15.1. The summed E-state index contributed by atoms with van der Waals surface area (Å²) >= 11 is 0. The molecule has 1 amide bonds. The third-order valence-electron chi connectivity index (χ3n) is 3.45. The monoisotopic (exact) mass is 338 g/mol. The van der Waals surface area contributed by atoms with Crippen LogP contribution in [0.1, 0.15) is 47.5 Å². The van der Waals surface area contributed by atoms with Crippen molar-refractivity contribution in [3.05, 3.63) is 0 Å². The van der Waals surface area contributed by atoms with E-state index in [0.717, 1.165) is 19.5 Å². The first-order valence-corrected chi connectivity index (χ1v) is 7.54. The van der Waals surface area contributed by atoms with Gasteiger partial charge in [0.2, 0.25) is 0 Å². The smallest absolute Gasteiger partial charge is 0.410 e. The Hall–Kier alpha value is -0.560. The second-order valence-corrected chi connectivity index (χ2v) is 7.57. The first kappa shape index (κ1) is 21.4. The van der Waals surface area contributed by atoms with Crippen molar-refractivity contribution in [2.24, 2.45) is 0 Å². The highest BCUT2D eigenvalue weighted by atomic mass is 35.5. The van der Waals surface area contributed by atoms with Crippen LogP contribution in [0.2, 0.25) is 0 Å². The number of nitrogens with zero attached hydrogens (tertiary/aromatic N) is 1. The highest BCUT2D eigenvalue weighted by Crippen LogP contribution is 2.22. The minimum atomic E-state index is -0.753. The molecule has 2 fully saturated rings. The number of ether oxygens (including phenoxy) is 1. The maximum absolute atomic E-state index is 11.5. The molecule has 0 saturated carbocycles. The minimum absolute atomic E-state index is 0. The van der Waals surface area contributed by atoms with Gasteiger partial charge in [-0.2, -0.15) is 0 Å². The summed E-state index contributed by atoms with van der Waals surface area (Å²) in [7, 11) is 0. The molecule has 7 heteroatoms. The van der Waals surface area contributed by atoms with Gasteiger partial charge in [-0.1, -0.05) is 0 Å². The Labute approximate surface area is 139 Å². The standard InChI is InChI=1S/C10H19NO3.C5H11NO.ClH/c1-9(2,3)14-8(12)11-6-5-10(4,13)7-11;1-5(7)2-3-6-4-5;/h13H,5-7H2,1-4H3;6-7H,2-4H2,1H3;1H. The number of halogens is 1. The summed E-state index contributed by atoms with van der Waals surface area (Å²) in [6.45, 7) is 11.7. The topological polar surface area (TPSA) is 82.0 Å². The van der Waals surface area contributed by atoms with Crippen LogP contribution in [0.5, 0.6) is 0 Å². The van der Waals surface area contributed by atoms with E-state index in [4.69, 9.17) is 9.84 Å². The first-order chi connectivity index (χ1) is 9.40. The summed E-state index contributed by atoms with van der Waals surface area (Å²) in [5, 5.41) is 21.9. The van der Waals surface area contributed by atoms with E-state index in [1.807, 2.05) is 27.7 Å². The molecule has 2 aliphatic rings. The number of nitrogens with one attached hydrogen (secondary N) is 1. The Bertz CT molecular complexity index is 359. The van der Waals surface area contributed by atoms with Crippen LogP contribution in [0.3, 0.4) is 0 Å². The maximum atomic E-state index is 11.5. The number of carbonyl (C=O) groups excluding carboxylic acids is 1. The lowest BCUT2D eigenvalue weighted by molar-refractivity contribution is 0.0194. The molecular formula is C15H31ClN2O4. The average Bonchev–Trinajstić information content (AvgIpc) is 2.82. The number of amides is 1. The molecule has 2 unspecified atom stereocenters. The van der Waals surface area contributed by atoms with Gasteiger partial charge >= 0.3 is 6.09 Å². The van der Waals surface area contributed by atoms with Gasteiger partial charge in [0.1, 0.15) is 5.60 Å². The Morgan fingerprint density at radius 2 is 1.77 bits per heavy atom. The summed E-state index contributed by atoms with van der Waals surface area (Å²) in [5.41, 5.74) is -1.64. The average molecular weight is 339 g/mol. The lowest BCUT2D eigenvalue weighted by atomic mass is 10.1. The Balaban J connectivity index is 0.000000465. The summed E-state index contributed by atoms with van der Waals surface area (Å²) in [6.07, 6.45) is 1.18. The number of aliphatic hydroxyl groups is 2. The van der Waals surface area contributed by atoms with E-state index in [-0.39, 0.29) is 18.5 Å². The molecule has 3 N–H and O–H groups in total. The van der Waals surface area contributed by atoms with E-state index in [9.17, 15) is 9.90 Å². The van der Waals surface area contributed by atoms with Crippen LogP contribution < -0.4 is 5.32 Å². The van der Waals surface area contributed by atoms with Crippen LogP contribution in [0.15, 0.2) is 0 Å². The van der Waals surface area contributed by atoms with Gasteiger partial charge in [-0.05, 0) is 54.0 Å². The van der Waals surface area contributed by atoms with Crippen molar-refractivity contribution in [1.29, 1.82) is 0 Å². The molecule has 2 aliphatic heterocycles. The van der Waals surface area contributed by atoms with Gasteiger partial charge in [-0.3, -0.25) is 0 Å². The first-order valence-electron chi connectivity index (χ1n) is 7.54. The third-order valence-corrected chi connectivity index (χ3v) is 3.45. The van der Waals surface area contributed by atoms with E-state index in [0.29, 0.717) is 19.5 Å². The number of rotatable bonds is 0. The molecule has 2 heterocycles. The molecule has 0 radical (unpaired) electrons. The van der Waals surface area contributed by atoms with Crippen molar-refractivity contribution in [1.82, 2.24) is 10.2 Å². The number of likely N-dealkylation sites (tertiary alicyclic amines) is 1. The molecule has 22 heavy (non-hydrogen) atoms. The Morgan fingerprint density at radius 3 is 2.05 bits per heavy atom. The van der Waals surface area contributed by atoms with Gasteiger partial charge in [0.05, 0.1) is 17.7 Å². The fourth-order valence-electron chi connectivity index (χ4n) is 2.23. The molecule has 0 aromatic carbocycles. The van der Waals surface area contributed by atoms with Crippen LogP contribution in [0, 0.1) is 0 Å². The van der Waals surface area contributed by atoms with Crippen molar-refractivity contribution in [3.63, 3.8) is 0 Å². The zero-order chi connectivity index (χ0) is 16.3. The molecule has 132 valence electrons. The number of carbonyl (C=O) groups is 1. The van der Waals surface area contributed by atoms with Crippen molar-refractivity contribution >= 4 is 18.5 Å². The van der Waals surface area contributed by atoms with E-state index >= 15 is 0 Å². The van der Waals surface area contributed by atoms with Gasteiger partial charge in [0.15, 0.2) is 0 Å². The molecule has 2 saturated heterocycles. The lowest BCUT2D eigenvalue weighted by Gasteiger charge is -2.25. The van der Waals surface area contributed by atoms with Gasteiger partial charge in [-0.15, -0.1) is 12.4 Å². The SMILES string of the molecule is CC1(O)CCN(C(=O)OC(C)(C)C)C1.CC1(O)CCNC1.Cl. The van der Waals surface area contributed by atoms with Crippen molar-refractivity contribution in [3.8, 4) is 0 Å². The minimum Gasteiger partial charge on any atom is -0.444 e. The Morgan fingerprint density at radius 1 is 1.18 bits per heavy atom. The number of β-amino-alcohol motifs (C(OH)–C–C–N with tert-alkyl or cyclic N) is 2. The van der Waals surface area contributed by atoms with Crippen LogP contribution in [-0.4, -0.2) is 64.2 Å². The van der Waals surface area contributed by atoms with Crippen LogP contribution in [0.4, 0.5) is 4.79 Å². The fourth-order valence-corrected chi connectivity index (χ4v) is 2.23. The highest BCUT2D eigenvalue weighted by Gasteiger charge is 2.35. The van der Waals surface area contributed by atoms with Gasteiger partial charge in [0.25, 0.3) is 0 Å².